The van der Waals surface area contributed by atoms with E-state index in [2.05, 4.69) is 9.97 Å². The number of H-pyrrole nitrogens is 1. The molecule has 1 heterocycles. The standard InChI is InChI=1S/C17H17FN2O2S/c1-2-21-12-7-8-14-15(11-12)20-17(19-14)23-10-9-22-16-6-4-3-5-13(16)18/h3-8,11H,2,9-10H2,1H3,(H,19,20). The molecular weight excluding hydrogens is 315 g/mol. The van der Waals surface area contributed by atoms with Crippen LogP contribution >= 0.6 is 11.8 Å². The third-order valence-electron chi connectivity index (χ3n) is 3.16. The number of nitrogens with one attached hydrogen (secondary N) is 1. The van der Waals surface area contributed by atoms with E-state index in [4.69, 9.17) is 9.47 Å². The van der Waals surface area contributed by atoms with Crippen molar-refractivity contribution in [1.29, 1.82) is 0 Å². The summed E-state index contributed by atoms with van der Waals surface area (Å²) in [5, 5.41) is 0.811. The summed E-state index contributed by atoms with van der Waals surface area (Å²) >= 11 is 1.54. The molecule has 6 heteroatoms. The predicted molar refractivity (Wildman–Crippen MR) is 89.9 cm³/mol. The van der Waals surface area contributed by atoms with Gasteiger partial charge in [0, 0.05) is 11.8 Å². The first-order valence-electron chi connectivity index (χ1n) is 7.39. The molecule has 0 saturated heterocycles. The Hall–Kier alpha value is -2.21. The number of aromatic nitrogens is 2. The molecule has 23 heavy (non-hydrogen) atoms. The molecule has 0 atom stereocenters. The first kappa shape index (κ1) is 15.7. The SMILES string of the molecule is CCOc1ccc2nc(SCCOc3ccccc3F)[nH]c2c1. The van der Waals surface area contributed by atoms with Gasteiger partial charge in [0.15, 0.2) is 16.7 Å². The molecule has 0 bridgehead atoms. The van der Waals surface area contributed by atoms with Gasteiger partial charge in [-0.05, 0) is 31.2 Å². The summed E-state index contributed by atoms with van der Waals surface area (Å²) in [4.78, 5) is 7.74. The second kappa shape index (κ2) is 7.37. The number of aromatic amines is 1. The van der Waals surface area contributed by atoms with Crippen LogP contribution in [0.4, 0.5) is 4.39 Å². The van der Waals surface area contributed by atoms with E-state index >= 15 is 0 Å². The Morgan fingerprint density at radius 1 is 1.17 bits per heavy atom. The zero-order chi connectivity index (χ0) is 16.1. The van der Waals surface area contributed by atoms with E-state index in [1.54, 1.807) is 18.2 Å². The summed E-state index contributed by atoms with van der Waals surface area (Å²) in [6, 6.07) is 12.2. The van der Waals surface area contributed by atoms with Gasteiger partial charge in [-0.3, -0.25) is 0 Å². The fourth-order valence-electron chi connectivity index (χ4n) is 2.14. The van der Waals surface area contributed by atoms with Crippen LogP contribution in [0.15, 0.2) is 47.6 Å². The Balaban J connectivity index is 1.56. The second-order valence-electron chi connectivity index (χ2n) is 4.78. The zero-order valence-electron chi connectivity index (χ0n) is 12.7. The number of para-hydroxylation sites is 1. The normalized spacial score (nSPS) is 10.9. The number of nitrogens with zero attached hydrogens (tertiary/aromatic N) is 1. The van der Waals surface area contributed by atoms with Crippen molar-refractivity contribution < 1.29 is 13.9 Å². The molecule has 3 aromatic rings. The molecule has 2 aromatic carbocycles. The number of hydrogen-bond acceptors (Lipinski definition) is 4. The van der Waals surface area contributed by atoms with Crippen LogP contribution in [-0.4, -0.2) is 28.9 Å². The zero-order valence-corrected chi connectivity index (χ0v) is 13.5. The molecule has 4 nitrogen and oxygen atoms in total. The van der Waals surface area contributed by atoms with E-state index in [-0.39, 0.29) is 11.6 Å². The quantitative estimate of drug-likeness (QED) is 0.518. The molecule has 0 unspecified atom stereocenters. The highest BCUT2D eigenvalue weighted by atomic mass is 32.2. The van der Waals surface area contributed by atoms with Crippen LogP contribution < -0.4 is 9.47 Å². The number of rotatable bonds is 7. The van der Waals surface area contributed by atoms with E-state index in [0.717, 1.165) is 21.9 Å². The molecule has 3 rings (SSSR count). The smallest absolute Gasteiger partial charge is 0.166 e. The van der Waals surface area contributed by atoms with E-state index in [1.807, 2.05) is 25.1 Å². The maximum Gasteiger partial charge on any atom is 0.166 e. The molecule has 120 valence electrons. The summed E-state index contributed by atoms with van der Waals surface area (Å²) in [5.74, 6) is 1.43. The van der Waals surface area contributed by atoms with Crippen molar-refractivity contribution in [3.63, 3.8) is 0 Å². The van der Waals surface area contributed by atoms with Crippen LogP contribution in [0.25, 0.3) is 11.0 Å². The third-order valence-corrected chi connectivity index (χ3v) is 4.00. The Morgan fingerprint density at radius 3 is 2.87 bits per heavy atom. The number of halogens is 1. The Kier molecular flexibility index (Phi) is 5.02. The molecule has 0 aliphatic carbocycles. The van der Waals surface area contributed by atoms with Crippen LogP contribution in [0, 0.1) is 5.82 Å². The van der Waals surface area contributed by atoms with E-state index in [1.165, 1.54) is 17.8 Å². The molecule has 0 spiro atoms. The number of benzene rings is 2. The van der Waals surface area contributed by atoms with Crippen molar-refractivity contribution in [3.05, 3.63) is 48.3 Å². The number of thioether (sulfide) groups is 1. The van der Waals surface area contributed by atoms with Gasteiger partial charge in [-0.2, -0.15) is 0 Å². The Labute approximate surface area is 138 Å². The van der Waals surface area contributed by atoms with Crippen molar-refractivity contribution in [2.45, 2.75) is 12.1 Å². The number of imidazole rings is 1. The van der Waals surface area contributed by atoms with Gasteiger partial charge in [-0.25, -0.2) is 9.37 Å². The van der Waals surface area contributed by atoms with E-state index in [0.29, 0.717) is 19.0 Å². The molecule has 0 radical (unpaired) electrons. The lowest BCUT2D eigenvalue weighted by Gasteiger charge is -2.05. The van der Waals surface area contributed by atoms with Gasteiger partial charge in [-0.1, -0.05) is 23.9 Å². The molecule has 0 aliphatic heterocycles. The highest BCUT2D eigenvalue weighted by Gasteiger charge is 2.06. The largest absolute Gasteiger partial charge is 0.494 e. The lowest BCUT2D eigenvalue weighted by atomic mass is 10.3. The van der Waals surface area contributed by atoms with E-state index < -0.39 is 0 Å². The van der Waals surface area contributed by atoms with Gasteiger partial charge < -0.3 is 14.5 Å². The molecule has 1 aromatic heterocycles. The Morgan fingerprint density at radius 2 is 2.04 bits per heavy atom. The minimum Gasteiger partial charge on any atom is -0.494 e. The lowest BCUT2D eigenvalue weighted by Crippen LogP contribution is -2.01. The van der Waals surface area contributed by atoms with Crippen molar-refractivity contribution >= 4 is 22.8 Å². The van der Waals surface area contributed by atoms with Crippen LogP contribution in [0.1, 0.15) is 6.92 Å². The highest BCUT2D eigenvalue weighted by molar-refractivity contribution is 7.99. The highest BCUT2D eigenvalue weighted by Crippen LogP contribution is 2.23. The van der Waals surface area contributed by atoms with Gasteiger partial charge in [0.2, 0.25) is 0 Å². The maximum absolute atomic E-state index is 13.4. The monoisotopic (exact) mass is 332 g/mol. The average Bonchev–Trinajstić information content (AvgIpc) is 2.95. The first-order valence-corrected chi connectivity index (χ1v) is 8.37. The number of fused-ring (bicyclic) bond motifs is 1. The summed E-state index contributed by atoms with van der Waals surface area (Å²) in [6.45, 7) is 3.00. The molecule has 0 amide bonds. The number of ether oxygens (including phenoxy) is 2. The summed E-state index contributed by atoms with van der Waals surface area (Å²) in [5.41, 5.74) is 1.83. The summed E-state index contributed by atoms with van der Waals surface area (Å²) in [7, 11) is 0. The average molecular weight is 332 g/mol. The van der Waals surface area contributed by atoms with Crippen LogP contribution in [0.3, 0.4) is 0 Å². The van der Waals surface area contributed by atoms with Crippen LogP contribution in [0.2, 0.25) is 0 Å². The Bertz CT molecular complexity index is 791. The minimum atomic E-state index is -0.343. The molecule has 0 saturated carbocycles. The van der Waals surface area contributed by atoms with Crippen molar-refractivity contribution in [2.75, 3.05) is 19.0 Å². The first-order chi connectivity index (χ1) is 11.3. The summed E-state index contributed by atoms with van der Waals surface area (Å²) < 4.78 is 24.3. The second-order valence-corrected chi connectivity index (χ2v) is 5.86. The molecule has 0 aliphatic rings. The predicted octanol–water partition coefficient (Wildman–Crippen LogP) is 4.27. The fraction of sp³-hybridized carbons (Fsp3) is 0.235. The van der Waals surface area contributed by atoms with Gasteiger partial charge in [0.25, 0.3) is 0 Å². The summed E-state index contributed by atoms with van der Waals surface area (Å²) in [6.07, 6.45) is 0. The topological polar surface area (TPSA) is 47.1 Å². The fourth-order valence-corrected chi connectivity index (χ4v) is 2.85. The molecular formula is C17H17FN2O2S. The van der Waals surface area contributed by atoms with Crippen molar-refractivity contribution in [2.24, 2.45) is 0 Å². The van der Waals surface area contributed by atoms with Gasteiger partial charge in [0.05, 0.1) is 24.2 Å². The molecule has 0 fully saturated rings. The number of hydrogen-bond donors (Lipinski definition) is 1. The molecule has 1 N–H and O–H groups in total. The van der Waals surface area contributed by atoms with Crippen LogP contribution in [0.5, 0.6) is 11.5 Å². The van der Waals surface area contributed by atoms with E-state index in [9.17, 15) is 4.39 Å². The van der Waals surface area contributed by atoms with Gasteiger partial charge in [0.1, 0.15) is 5.75 Å². The van der Waals surface area contributed by atoms with Crippen molar-refractivity contribution in [3.8, 4) is 11.5 Å². The van der Waals surface area contributed by atoms with Gasteiger partial charge >= 0.3 is 0 Å². The van der Waals surface area contributed by atoms with Crippen molar-refractivity contribution in [1.82, 2.24) is 9.97 Å². The minimum absolute atomic E-state index is 0.277. The van der Waals surface area contributed by atoms with Crippen LogP contribution in [-0.2, 0) is 0 Å². The third kappa shape index (κ3) is 3.96. The lowest BCUT2D eigenvalue weighted by molar-refractivity contribution is 0.325. The maximum atomic E-state index is 13.4. The van der Waals surface area contributed by atoms with Gasteiger partial charge in [-0.15, -0.1) is 0 Å².